The quantitative estimate of drug-likeness (QED) is 0.872. The molecule has 0 spiro atoms. The van der Waals surface area contributed by atoms with E-state index >= 15 is 0 Å². The zero-order valence-corrected chi connectivity index (χ0v) is 14.0. The summed E-state index contributed by atoms with van der Waals surface area (Å²) in [6.07, 6.45) is 0. The maximum absolute atomic E-state index is 12.8. The minimum absolute atomic E-state index is 0.205. The molecule has 2 aromatic rings. The first kappa shape index (κ1) is 17.7. The number of nitrogens with zero attached hydrogens (tertiary/aromatic N) is 1. The number of hydrogen-bond donors (Lipinski definition) is 2. The Bertz CT molecular complexity index is 748. The van der Waals surface area contributed by atoms with E-state index in [-0.39, 0.29) is 18.0 Å². The van der Waals surface area contributed by atoms with Gasteiger partial charge in [0, 0.05) is 25.3 Å². The summed E-state index contributed by atoms with van der Waals surface area (Å²) in [5.41, 5.74) is 1.65. The molecule has 0 atom stereocenters. The Hall–Kier alpha value is -2.60. The van der Waals surface area contributed by atoms with Crippen molar-refractivity contribution in [3.05, 3.63) is 58.9 Å². The van der Waals surface area contributed by atoms with Crippen LogP contribution in [0.25, 0.3) is 0 Å². The summed E-state index contributed by atoms with van der Waals surface area (Å²) in [5, 5.41) is 5.62. The number of hydrogen-bond acceptors (Lipinski definition) is 3. The number of benzene rings is 2. The molecule has 0 unspecified atom stereocenters. The average Bonchev–Trinajstić information content (AvgIpc) is 2.53. The lowest BCUT2D eigenvalue weighted by Gasteiger charge is -2.15. The fourth-order valence-electron chi connectivity index (χ4n) is 2.02. The summed E-state index contributed by atoms with van der Waals surface area (Å²) >= 11 is 6.13. The van der Waals surface area contributed by atoms with Crippen molar-refractivity contribution in [3.8, 4) is 0 Å². The van der Waals surface area contributed by atoms with Gasteiger partial charge in [-0.05, 0) is 42.5 Å². The molecule has 2 amide bonds. The Morgan fingerprint density at radius 1 is 1.12 bits per heavy atom. The van der Waals surface area contributed by atoms with Crippen molar-refractivity contribution < 1.29 is 14.0 Å². The second-order valence-corrected chi connectivity index (χ2v) is 5.71. The number of carbonyl (C=O) groups excluding carboxylic acids is 2. The van der Waals surface area contributed by atoms with Crippen LogP contribution in [-0.2, 0) is 4.79 Å². The summed E-state index contributed by atoms with van der Waals surface area (Å²) in [7, 11) is 3.73. The predicted octanol–water partition coefficient (Wildman–Crippen LogP) is 2.91. The Morgan fingerprint density at radius 2 is 1.79 bits per heavy atom. The highest BCUT2D eigenvalue weighted by Gasteiger charge is 2.10. The molecule has 2 rings (SSSR count). The van der Waals surface area contributed by atoms with Crippen LogP contribution in [0.15, 0.2) is 42.5 Å². The van der Waals surface area contributed by atoms with E-state index in [4.69, 9.17) is 11.6 Å². The monoisotopic (exact) mass is 349 g/mol. The molecule has 24 heavy (non-hydrogen) atoms. The van der Waals surface area contributed by atoms with Gasteiger partial charge in [-0.2, -0.15) is 0 Å². The first-order valence-electron chi connectivity index (χ1n) is 7.17. The van der Waals surface area contributed by atoms with Crippen LogP contribution in [0.4, 0.5) is 15.8 Å². The van der Waals surface area contributed by atoms with Gasteiger partial charge in [0.1, 0.15) is 5.82 Å². The van der Waals surface area contributed by atoms with E-state index in [1.165, 1.54) is 24.3 Å². The van der Waals surface area contributed by atoms with Crippen LogP contribution >= 0.6 is 11.6 Å². The normalized spacial score (nSPS) is 10.2. The van der Waals surface area contributed by atoms with Gasteiger partial charge < -0.3 is 15.5 Å². The Balaban J connectivity index is 1.90. The van der Waals surface area contributed by atoms with Gasteiger partial charge in [-0.25, -0.2) is 4.39 Å². The minimum Gasteiger partial charge on any atom is -0.376 e. The van der Waals surface area contributed by atoms with Crippen molar-refractivity contribution >= 4 is 34.8 Å². The topological polar surface area (TPSA) is 61.4 Å². The number of halogens is 2. The lowest BCUT2D eigenvalue weighted by atomic mass is 10.2. The Labute approximate surface area is 144 Å². The summed E-state index contributed by atoms with van der Waals surface area (Å²) in [5.74, 6) is -1.27. The van der Waals surface area contributed by atoms with E-state index in [2.05, 4.69) is 10.6 Å². The molecule has 0 aromatic heterocycles. The maximum Gasteiger partial charge on any atom is 0.251 e. The highest BCUT2D eigenvalue weighted by molar-refractivity contribution is 6.33. The molecular weight excluding hydrogens is 333 g/mol. The number of amides is 2. The lowest BCUT2D eigenvalue weighted by Crippen LogP contribution is -2.32. The molecule has 0 fully saturated rings. The summed E-state index contributed by atoms with van der Waals surface area (Å²) < 4.78 is 12.8. The van der Waals surface area contributed by atoms with Crippen molar-refractivity contribution in [2.75, 3.05) is 30.9 Å². The van der Waals surface area contributed by atoms with Gasteiger partial charge in [-0.3, -0.25) is 9.59 Å². The number of carbonyl (C=O) groups is 2. The summed E-state index contributed by atoms with van der Waals surface area (Å²) in [4.78, 5) is 25.6. The highest BCUT2D eigenvalue weighted by Crippen LogP contribution is 2.27. The average molecular weight is 350 g/mol. The molecule has 0 aliphatic carbocycles. The third kappa shape index (κ3) is 4.70. The fraction of sp³-hybridized carbons (Fsp3) is 0.176. The van der Waals surface area contributed by atoms with E-state index in [1.54, 1.807) is 18.2 Å². The summed E-state index contributed by atoms with van der Waals surface area (Å²) in [6.45, 7) is -0.205. The molecule has 0 radical (unpaired) electrons. The number of anilines is 2. The number of rotatable bonds is 5. The second-order valence-electron chi connectivity index (χ2n) is 5.30. The number of nitrogens with one attached hydrogen (secondary N) is 2. The molecule has 0 aliphatic rings. The van der Waals surface area contributed by atoms with Crippen molar-refractivity contribution in [2.24, 2.45) is 0 Å². The van der Waals surface area contributed by atoms with Gasteiger partial charge in [0.05, 0.1) is 17.3 Å². The van der Waals surface area contributed by atoms with Gasteiger partial charge in [-0.1, -0.05) is 11.6 Å². The molecule has 0 heterocycles. The largest absolute Gasteiger partial charge is 0.376 e. The fourth-order valence-corrected chi connectivity index (χ4v) is 2.37. The van der Waals surface area contributed by atoms with Gasteiger partial charge in [0.25, 0.3) is 5.91 Å². The lowest BCUT2D eigenvalue weighted by molar-refractivity contribution is -0.115. The van der Waals surface area contributed by atoms with Crippen LogP contribution in [-0.4, -0.2) is 32.5 Å². The highest BCUT2D eigenvalue weighted by atomic mass is 35.5. The van der Waals surface area contributed by atoms with E-state index in [9.17, 15) is 14.0 Å². The van der Waals surface area contributed by atoms with E-state index in [1.807, 2.05) is 19.0 Å². The molecular formula is C17H17ClFN3O2. The molecule has 126 valence electrons. The smallest absolute Gasteiger partial charge is 0.251 e. The third-order valence-corrected chi connectivity index (χ3v) is 3.53. The molecule has 0 saturated carbocycles. The maximum atomic E-state index is 12.8. The molecule has 2 aromatic carbocycles. The second kappa shape index (κ2) is 7.79. The van der Waals surface area contributed by atoms with Crippen LogP contribution in [0.5, 0.6) is 0 Å². The van der Waals surface area contributed by atoms with E-state index < -0.39 is 11.7 Å². The van der Waals surface area contributed by atoms with Crippen LogP contribution in [0, 0.1) is 5.82 Å². The Kier molecular flexibility index (Phi) is 5.76. The Morgan fingerprint density at radius 3 is 2.38 bits per heavy atom. The standard InChI is InChI=1S/C17H17ClFN3O2/c1-22(2)15-8-7-13(9-14(15)18)21-16(23)10-20-17(24)11-3-5-12(19)6-4-11/h3-9H,10H2,1-2H3,(H,20,24)(H,21,23). The zero-order chi connectivity index (χ0) is 17.7. The zero-order valence-electron chi connectivity index (χ0n) is 13.3. The van der Waals surface area contributed by atoms with Gasteiger partial charge in [0.15, 0.2) is 0 Å². The van der Waals surface area contributed by atoms with Gasteiger partial charge >= 0.3 is 0 Å². The van der Waals surface area contributed by atoms with Crippen LogP contribution in [0.3, 0.4) is 0 Å². The van der Waals surface area contributed by atoms with Crippen molar-refractivity contribution in [1.29, 1.82) is 0 Å². The van der Waals surface area contributed by atoms with Gasteiger partial charge in [-0.15, -0.1) is 0 Å². The van der Waals surface area contributed by atoms with Crippen LogP contribution < -0.4 is 15.5 Å². The predicted molar refractivity (Wildman–Crippen MR) is 93.1 cm³/mol. The van der Waals surface area contributed by atoms with Crippen LogP contribution in [0.1, 0.15) is 10.4 Å². The first-order chi connectivity index (χ1) is 11.4. The molecule has 2 N–H and O–H groups in total. The van der Waals surface area contributed by atoms with Crippen molar-refractivity contribution in [2.45, 2.75) is 0 Å². The summed E-state index contributed by atoms with van der Waals surface area (Å²) in [6, 6.07) is 10.2. The molecule has 5 nitrogen and oxygen atoms in total. The first-order valence-corrected chi connectivity index (χ1v) is 7.55. The van der Waals surface area contributed by atoms with Crippen LogP contribution in [0.2, 0.25) is 5.02 Å². The molecule has 0 aliphatic heterocycles. The SMILES string of the molecule is CN(C)c1ccc(NC(=O)CNC(=O)c2ccc(F)cc2)cc1Cl. The van der Waals surface area contributed by atoms with E-state index in [0.717, 1.165) is 5.69 Å². The van der Waals surface area contributed by atoms with E-state index in [0.29, 0.717) is 10.7 Å². The van der Waals surface area contributed by atoms with Crippen molar-refractivity contribution in [3.63, 3.8) is 0 Å². The molecule has 0 bridgehead atoms. The van der Waals surface area contributed by atoms with Crippen molar-refractivity contribution in [1.82, 2.24) is 5.32 Å². The third-order valence-electron chi connectivity index (χ3n) is 3.23. The minimum atomic E-state index is -0.453. The molecule has 0 saturated heterocycles. The van der Waals surface area contributed by atoms with Gasteiger partial charge in [0.2, 0.25) is 5.91 Å². The molecule has 7 heteroatoms.